The molecule has 0 aliphatic heterocycles. The molecule has 4 rings (SSSR count). The van der Waals surface area contributed by atoms with Crippen molar-refractivity contribution in [3.05, 3.63) is 70.0 Å². The van der Waals surface area contributed by atoms with E-state index in [1.165, 1.54) is 0 Å². The molecule has 2 aromatic carbocycles. The van der Waals surface area contributed by atoms with E-state index in [-0.39, 0.29) is 11.1 Å². The van der Waals surface area contributed by atoms with Crippen LogP contribution in [0.2, 0.25) is 0 Å². The fourth-order valence-electron chi connectivity index (χ4n) is 3.36. The number of carbonyl (C=O) groups is 1. The van der Waals surface area contributed by atoms with E-state index in [1.807, 2.05) is 13.0 Å². The van der Waals surface area contributed by atoms with Crippen LogP contribution in [0.4, 0.5) is 8.78 Å². The standard InChI is InChI=1S/C21H18F2N4O2S/c1-3-10-26-19(29)15-6-4-5-7-17(15)27-20(26)24-25-21(27)30-12(2)18(28)14-9-8-13(22)11-16(14)23/h4-9,11-12H,3,10H2,1-2H3. The maximum absolute atomic E-state index is 14.0. The lowest BCUT2D eigenvalue weighted by atomic mass is 10.1. The Labute approximate surface area is 174 Å². The van der Waals surface area contributed by atoms with Crippen LogP contribution in [0.3, 0.4) is 0 Å². The third kappa shape index (κ3) is 3.39. The van der Waals surface area contributed by atoms with Gasteiger partial charge in [0.25, 0.3) is 5.56 Å². The van der Waals surface area contributed by atoms with Crippen LogP contribution in [0, 0.1) is 11.6 Å². The summed E-state index contributed by atoms with van der Waals surface area (Å²) in [6.45, 7) is 4.06. The molecule has 0 aliphatic carbocycles. The highest BCUT2D eigenvalue weighted by atomic mass is 32.2. The minimum atomic E-state index is -0.902. The first-order valence-corrected chi connectivity index (χ1v) is 10.3. The molecule has 6 nitrogen and oxygen atoms in total. The Kier molecular flexibility index (Phi) is 5.38. The SMILES string of the molecule is CCCn1c(=O)c2ccccc2n2c(SC(C)C(=O)c3ccc(F)cc3F)nnc12. The molecular formula is C21H18F2N4O2S. The van der Waals surface area contributed by atoms with Crippen LogP contribution in [-0.2, 0) is 6.54 Å². The molecule has 4 aromatic rings. The van der Waals surface area contributed by atoms with E-state index >= 15 is 0 Å². The summed E-state index contributed by atoms with van der Waals surface area (Å²) in [6, 6.07) is 10.00. The first-order valence-electron chi connectivity index (χ1n) is 9.45. The second kappa shape index (κ2) is 7.98. The largest absolute Gasteiger partial charge is 0.293 e. The molecule has 2 heterocycles. The zero-order valence-corrected chi connectivity index (χ0v) is 17.1. The number of carbonyl (C=O) groups excluding carboxylic acids is 1. The first-order chi connectivity index (χ1) is 14.4. The van der Waals surface area contributed by atoms with Crippen LogP contribution in [0.15, 0.2) is 52.4 Å². The van der Waals surface area contributed by atoms with Crippen molar-refractivity contribution in [1.29, 1.82) is 0 Å². The van der Waals surface area contributed by atoms with Crippen LogP contribution >= 0.6 is 11.8 Å². The highest BCUT2D eigenvalue weighted by molar-refractivity contribution is 8.00. The lowest BCUT2D eigenvalue weighted by Gasteiger charge is -2.12. The predicted molar refractivity (Wildman–Crippen MR) is 111 cm³/mol. The Balaban J connectivity index is 1.80. The van der Waals surface area contributed by atoms with Crippen molar-refractivity contribution in [2.24, 2.45) is 0 Å². The average molecular weight is 428 g/mol. The summed E-state index contributed by atoms with van der Waals surface area (Å²) in [5.74, 6) is -1.75. The van der Waals surface area contributed by atoms with Crippen molar-refractivity contribution in [2.45, 2.75) is 37.2 Å². The van der Waals surface area contributed by atoms with E-state index in [9.17, 15) is 18.4 Å². The summed E-state index contributed by atoms with van der Waals surface area (Å²) in [6.07, 6.45) is 0.738. The molecule has 0 fully saturated rings. The van der Waals surface area contributed by atoms with Crippen molar-refractivity contribution in [1.82, 2.24) is 19.2 Å². The average Bonchev–Trinajstić information content (AvgIpc) is 3.14. The van der Waals surface area contributed by atoms with E-state index in [1.54, 1.807) is 34.1 Å². The molecule has 0 amide bonds. The van der Waals surface area contributed by atoms with Gasteiger partial charge in [-0.2, -0.15) is 0 Å². The Hall–Kier alpha value is -3.07. The number of benzene rings is 2. The fraction of sp³-hybridized carbons (Fsp3) is 0.238. The monoisotopic (exact) mass is 428 g/mol. The summed E-state index contributed by atoms with van der Waals surface area (Å²) >= 11 is 1.11. The van der Waals surface area contributed by atoms with Crippen molar-refractivity contribution >= 4 is 34.2 Å². The van der Waals surface area contributed by atoms with Gasteiger partial charge in [0.05, 0.1) is 21.7 Å². The molecule has 0 N–H and O–H groups in total. The number of aryl methyl sites for hydroxylation is 1. The van der Waals surface area contributed by atoms with Crippen LogP contribution in [0.25, 0.3) is 16.7 Å². The number of hydrogen-bond donors (Lipinski definition) is 0. The predicted octanol–water partition coefficient (Wildman–Crippen LogP) is 4.10. The lowest BCUT2D eigenvalue weighted by molar-refractivity contribution is 0.0990. The molecule has 0 saturated heterocycles. The quantitative estimate of drug-likeness (QED) is 0.342. The Bertz CT molecular complexity index is 1330. The van der Waals surface area contributed by atoms with Gasteiger partial charge in [-0.15, -0.1) is 10.2 Å². The molecule has 0 bridgehead atoms. The molecule has 2 aromatic heterocycles. The second-order valence-electron chi connectivity index (χ2n) is 6.84. The van der Waals surface area contributed by atoms with Gasteiger partial charge in [0, 0.05) is 12.6 Å². The first kappa shape index (κ1) is 20.2. The molecule has 0 radical (unpaired) electrons. The van der Waals surface area contributed by atoms with E-state index < -0.39 is 22.7 Å². The van der Waals surface area contributed by atoms with Crippen LogP contribution in [0.5, 0.6) is 0 Å². The number of ketones is 1. The highest BCUT2D eigenvalue weighted by Gasteiger charge is 2.24. The van der Waals surface area contributed by atoms with Crippen molar-refractivity contribution in [2.75, 3.05) is 0 Å². The Morgan fingerprint density at radius 2 is 1.93 bits per heavy atom. The van der Waals surface area contributed by atoms with Crippen molar-refractivity contribution in [3.8, 4) is 0 Å². The molecule has 30 heavy (non-hydrogen) atoms. The van der Waals surface area contributed by atoms with Crippen molar-refractivity contribution in [3.63, 3.8) is 0 Å². The van der Waals surface area contributed by atoms with Crippen molar-refractivity contribution < 1.29 is 13.6 Å². The smallest absolute Gasteiger partial charge is 0.262 e. The van der Waals surface area contributed by atoms with Gasteiger partial charge in [0.15, 0.2) is 10.9 Å². The minimum absolute atomic E-state index is 0.151. The molecular weight excluding hydrogens is 410 g/mol. The van der Waals surface area contributed by atoms with E-state index in [4.69, 9.17) is 0 Å². The molecule has 1 atom stereocenters. The summed E-state index contributed by atoms with van der Waals surface area (Å²) in [4.78, 5) is 25.6. The normalized spacial score (nSPS) is 12.5. The van der Waals surface area contributed by atoms with Crippen LogP contribution < -0.4 is 5.56 Å². The maximum Gasteiger partial charge on any atom is 0.262 e. The third-order valence-corrected chi connectivity index (χ3v) is 5.82. The van der Waals surface area contributed by atoms with E-state index in [2.05, 4.69) is 10.2 Å². The topological polar surface area (TPSA) is 69.3 Å². The molecule has 9 heteroatoms. The number of halogens is 2. The van der Waals surface area contributed by atoms with Gasteiger partial charge in [0.2, 0.25) is 5.78 Å². The number of thioether (sulfide) groups is 1. The lowest BCUT2D eigenvalue weighted by Crippen LogP contribution is -2.23. The number of Topliss-reactive ketones (excluding diaryl/α,β-unsaturated/α-hetero) is 1. The number of rotatable bonds is 6. The number of hydrogen-bond acceptors (Lipinski definition) is 5. The molecule has 0 aliphatic rings. The zero-order chi connectivity index (χ0) is 21.4. The number of fused-ring (bicyclic) bond motifs is 3. The van der Waals surface area contributed by atoms with E-state index in [0.717, 1.165) is 30.3 Å². The molecule has 0 saturated carbocycles. The summed E-state index contributed by atoms with van der Waals surface area (Å²) in [5, 5.41) is 8.60. The van der Waals surface area contributed by atoms with Gasteiger partial charge in [0.1, 0.15) is 11.6 Å². The Morgan fingerprint density at radius 1 is 1.17 bits per heavy atom. The van der Waals surface area contributed by atoms with Crippen LogP contribution in [0.1, 0.15) is 30.6 Å². The van der Waals surface area contributed by atoms with Gasteiger partial charge in [-0.3, -0.25) is 18.6 Å². The molecule has 1 unspecified atom stereocenters. The van der Waals surface area contributed by atoms with E-state index in [0.29, 0.717) is 34.4 Å². The number of para-hydroxylation sites is 1. The minimum Gasteiger partial charge on any atom is -0.293 e. The third-order valence-electron chi connectivity index (χ3n) is 4.77. The van der Waals surface area contributed by atoms with Gasteiger partial charge in [-0.25, -0.2) is 8.78 Å². The fourth-order valence-corrected chi connectivity index (χ4v) is 4.28. The summed E-state index contributed by atoms with van der Waals surface area (Å²) in [7, 11) is 0. The number of nitrogens with zero attached hydrogens (tertiary/aromatic N) is 4. The van der Waals surface area contributed by atoms with Gasteiger partial charge in [-0.1, -0.05) is 30.8 Å². The molecule has 154 valence electrons. The van der Waals surface area contributed by atoms with Gasteiger partial charge < -0.3 is 0 Å². The molecule has 0 spiro atoms. The maximum atomic E-state index is 14.0. The Morgan fingerprint density at radius 3 is 2.67 bits per heavy atom. The summed E-state index contributed by atoms with van der Waals surface area (Å²) in [5.41, 5.74) is 0.296. The highest BCUT2D eigenvalue weighted by Crippen LogP contribution is 2.27. The zero-order valence-electron chi connectivity index (χ0n) is 16.3. The van der Waals surface area contributed by atoms with Crippen LogP contribution in [-0.4, -0.2) is 30.2 Å². The number of aromatic nitrogens is 4. The second-order valence-corrected chi connectivity index (χ2v) is 8.15. The van der Waals surface area contributed by atoms with Gasteiger partial charge in [-0.05, 0) is 37.6 Å². The summed E-state index contributed by atoms with van der Waals surface area (Å²) < 4.78 is 30.5. The van der Waals surface area contributed by atoms with Gasteiger partial charge >= 0.3 is 0 Å².